The number of carboxylic acids is 1. The molecule has 1 amide bonds. The molecule has 3 rings (SSSR count). The summed E-state index contributed by atoms with van der Waals surface area (Å²) in [4.78, 5) is 23.6. The lowest BCUT2D eigenvalue weighted by Crippen LogP contribution is -2.13. The van der Waals surface area contributed by atoms with Crippen LogP contribution in [0, 0.1) is 11.3 Å². The summed E-state index contributed by atoms with van der Waals surface area (Å²) in [6.07, 6.45) is 1.49. The van der Waals surface area contributed by atoms with Crippen LogP contribution >= 0.6 is 0 Å². The van der Waals surface area contributed by atoms with Gasteiger partial charge in [-0.1, -0.05) is 30.3 Å². The minimum absolute atomic E-state index is 0.0454. The lowest BCUT2D eigenvalue weighted by molar-refractivity contribution is -0.112. The van der Waals surface area contributed by atoms with Crippen LogP contribution in [0.4, 0.5) is 5.69 Å². The van der Waals surface area contributed by atoms with E-state index in [1.54, 1.807) is 66.7 Å². The van der Waals surface area contributed by atoms with Crippen molar-refractivity contribution < 1.29 is 24.2 Å². The Bertz CT molecular complexity index is 1210. The van der Waals surface area contributed by atoms with E-state index in [9.17, 15) is 14.9 Å². The largest absolute Gasteiger partial charge is 0.494 e. The zero-order valence-corrected chi connectivity index (χ0v) is 17.9. The van der Waals surface area contributed by atoms with E-state index in [0.29, 0.717) is 29.4 Å². The maximum Gasteiger partial charge on any atom is 0.335 e. The lowest BCUT2D eigenvalue weighted by Gasteiger charge is -2.08. The van der Waals surface area contributed by atoms with Crippen molar-refractivity contribution in [2.45, 2.75) is 13.5 Å². The van der Waals surface area contributed by atoms with Crippen LogP contribution in [0.15, 0.2) is 78.4 Å². The Balaban J connectivity index is 1.64. The number of nitrogens with one attached hydrogen (secondary N) is 1. The fourth-order valence-electron chi connectivity index (χ4n) is 2.97. The lowest BCUT2D eigenvalue weighted by atomic mass is 10.1. The predicted molar refractivity (Wildman–Crippen MR) is 124 cm³/mol. The third-order valence-electron chi connectivity index (χ3n) is 4.54. The van der Waals surface area contributed by atoms with Crippen molar-refractivity contribution in [3.05, 3.63) is 95.1 Å². The van der Waals surface area contributed by atoms with Crippen LogP contribution in [0.25, 0.3) is 6.08 Å². The Labute approximate surface area is 191 Å². The van der Waals surface area contributed by atoms with E-state index >= 15 is 0 Å². The van der Waals surface area contributed by atoms with Crippen LogP contribution in [0.3, 0.4) is 0 Å². The van der Waals surface area contributed by atoms with Gasteiger partial charge in [0.15, 0.2) is 0 Å². The molecular weight excluding hydrogens is 420 g/mol. The van der Waals surface area contributed by atoms with Crippen molar-refractivity contribution in [2.75, 3.05) is 11.9 Å². The Kier molecular flexibility index (Phi) is 7.81. The summed E-state index contributed by atoms with van der Waals surface area (Å²) in [5, 5.41) is 21.2. The molecule has 0 unspecified atom stereocenters. The first-order valence-electron chi connectivity index (χ1n) is 10.2. The van der Waals surface area contributed by atoms with Gasteiger partial charge in [-0.3, -0.25) is 4.79 Å². The number of hydrogen-bond acceptors (Lipinski definition) is 5. The predicted octanol–water partition coefficient (Wildman–Crippen LogP) is 4.91. The number of carbonyl (C=O) groups excluding carboxylic acids is 1. The second-order valence-electron chi connectivity index (χ2n) is 6.95. The number of nitriles is 1. The van der Waals surface area contributed by atoms with Crippen LogP contribution in [0.5, 0.6) is 11.5 Å². The second kappa shape index (κ2) is 11.2. The fourth-order valence-corrected chi connectivity index (χ4v) is 2.97. The summed E-state index contributed by atoms with van der Waals surface area (Å²) < 4.78 is 11.1. The highest BCUT2D eigenvalue weighted by Crippen LogP contribution is 2.20. The molecule has 0 atom stereocenters. The SMILES string of the molecule is CCOc1cccc(NC(=O)/C(C#N)=C\c2ccc(OCc3cccc(C(=O)O)c3)cc2)c1. The molecule has 0 aliphatic rings. The molecule has 0 aliphatic heterocycles. The van der Waals surface area contributed by atoms with E-state index < -0.39 is 11.9 Å². The van der Waals surface area contributed by atoms with Gasteiger partial charge in [0, 0.05) is 11.8 Å². The molecule has 0 saturated carbocycles. The summed E-state index contributed by atoms with van der Waals surface area (Å²) in [5.41, 5.74) is 2.07. The number of rotatable bonds is 9. The first-order chi connectivity index (χ1) is 16.0. The number of carbonyl (C=O) groups is 2. The van der Waals surface area contributed by atoms with Crippen molar-refractivity contribution in [1.29, 1.82) is 5.26 Å². The standard InChI is InChI=1S/C26H22N2O5/c1-2-32-24-8-4-7-22(15-24)28-25(29)21(16-27)13-18-9-11-23(12-10-18)33-17-19-5-3-6-20(14-19)26(30)31/h3-15H,2,17H2,1H3,(H,28,29)(H,30,31)/b21-13-. The number of aromatic carboxylic acids is 1. The van der Waals surface area contributed by atoms with Gasteiger partial charge >= 0.3 is 5.97 Å². The van der Waals surface area contributed by atoms with Crippen molar-refractivity contribution in [3.63, 3.8) is 0 Å². The molecule has 33 heavy (non-hydrogen) atoms. The Morgan fingerprint density at radius 2 is 1.76 bits per heavy atom. The van der Waals surface area contributed by atoms with Gasteiger partial charge < -0.3 is 19.9 Å². The highest BCUT2D eigenvalue weighted by atomic mass is 16.5. The summed E-state index contributed by atoms with van der Waals surface area (Å²) in [7, 11) is 0. The monoisotopic (exact) mass is 442 g/mol. The molecule has 0 radical (unpaired) electrons. The van der Waals surface area contributed by atoms with Gasteiger partial charge in [-0.05, 0) is 60.5 Å². The Morgan fingerprint density at radius 3 is 2.45 bits per heavy atom. The average molecular weight is 442 g/mol. The molecule has 7 nitrogen and oxygen atoms in total. The van der Waals surface area contributed by atoms with E-state index in [-0.39, 0.29) is 17.7 Å². The van der Waals surface area contributed by atoms with E-state index in [1.165, 1.54) is 12.1 Å². The molecule has 0 heterocycles. The molecule has 0 saturated heterocycles. The number of anilines is 1. The summed E-state index contributed by atoms with van der Waals surface area (Å²) >= 11 is 0. The Morgan fingerprint density at radius 1 is 1.00 bits per heavy atom. The molecule has 3 aromatic carbocycles. The molecular formula is C26H22N2O5. The summed E-state index contributed by atoms with van der Waals surface area (Å²) in [6, 6.07) is 22.3. The van der Waals surface area contributed by atoms with Gasteiger partial charge in [0.05, 0.1) is 12.2 Å². The first kappa shape index (κ1) is 23.1. The quantitative estimate of drug-likeness (QED) is 0.360. The van der Waals surface area contributed by atoms with Gasteiger partial charge in [0.1, 0.15) is 29.7 Å². The average Bonchev–Trinajstić information content (AvgIpc) is 2.82. The topological polar surface area (TPSA) is 109 Å². The molecule has 166 valence electrons. The second-order valence-corrected chi connectivity index (χ2v) is 6.95. The minimum atomic E-state index is -0.993. The number of benzene rings is 3. The first-order valence-corrected chi connectivity index (χ1v) is 10.2. The van der Waals surface area contributed by atoms with Crippen molar-refractivity contribution >= 4 is 23.6 Å². The van der Waals surface area contributed by atoms with Crippen LogP contribution < -0.4 is 14.8 Å². The molecule has 0 aromatic heterocycles. The number of ether oxygens (including phenoxy) is 2. The van der Waals surface area contributed by atoms with E-state index in [2.05, 4.69) is 5.32 Å². The molecule has 2 N–H and O–H groups in total. The van der Waals surface area contributed by atoms with E-state index in [0.717, 1.165) is 5.56 Å². The van der Waals surface area contributed by atoms with Crippen LogP contribution in [-0.4, -0.2) is 23.6 Å². The minimum Gasteiger partial charge on any atom is -0.494 e. The number of hydrogen-bond donors (Lipinski definition) is 2. The normalized spacial score (nSPS) is 10.7. The Hall–Kier alpha value is -4.57. The third kappa shape index (κ3) is 6.71. The van der Waals surface area contributed by atoms with E-state index in [1.807, 2.05) is 13.0 Å². The van der Waals surface area contributed by atoms with Crippen molar-refractivity contribution in [1.82, 2.24) is 0 Å². The van der Waals surface area contributed by atoms with Gasteiger partial charge in [-0.25, -0.2) is 4.79 Å². The maximum absolute atomic E-state index is 12.5. The van der Waals surface area contributed by atoms with Crippen LogP contribution in [-0.2, 0) is 11.4 Å². The molecule has 0 bridgehead atoms. The van der Waals surface area contributed by atoms with Crippen LogP contribution in [0.1, 0.15) is 28.4 Å². The molecule has 7 heteroatoms. The molecule has 0 aliphatic carbocycles. The van der Waals surface area contributed by atoms with Gasteiger partial charge in [-0.2, -0.15) is 5.26 Å². The van der Waals surface area contributed by atoms with Crippen molar-refractivity contribution in [2.24, 2.45) is 0 Å². The van der Waals surface area contributed by atoms with E-state index in [4.69, 9.17) is 14.6 Å². The summed E-state index contributed by atoms with van der Waals surface area (Å²) in [5.74, 6) is -0.316. The maximum atomic E-state index is 12.5. The van der Waals surface area contributed by atoms with Gasteiger partial charge in [0.2, 0.25) is 0 Å². The van der Waals surface area contributed by atoms with Gasteiger partial charge in [-0.15, -0.1) is 0 Å². The molecule has 0 spiro atoms. The molecule has 0 fully saturated rings. The van der Waals surface area contributed by atoms with Crippen molar-refractivity contribution in [3.8, 4) is 17.6 Å². The van der Waals surface area contributed by atoms with Gasteiger partial charge in [0.25, 0.3) is 5.91 Å². The highest BCUT2D eigenvalue weighted by molar-refractivity contribution is 6.09. The zero-order chi connectivity index (χ0) is 23.6. The summed E-state index contributed by atoms with van der Waals surface area (Å²) in [6.45, 7) is 2.59. The highest BCUT2D eigenvalue weighted by Gasteiger charge is 2.10. The number of nitrogens with zero attached hydrogens (tertiary/aromatic N) is 1. The number of amides is 1. The fraction of sp³-hybridized carbons (Fsp3) is 0.115. The molecule has 3 aromatic rings. The smallest absolute Gasteiger partial charge is 0.335 e. The third-order valence-corrected chi connectivity index (χ3v) is 4.54. The number of carboxylic acid groups (broad SMARTS) is 1. The zero-order valence-electron chi connectivity index (χ0n) is 17.9. The van der Waals surface area contributed by atoms with Crippen LogP contribution in [0.2, 0.25) is 0 Å².